The van der Waals surface area contributed by atoms with Gasteiger partial charge in [0.05, 0.1) is 6.61 Å². The maximum Gasteiger partial charge on any atom is 0.0558 e. The standard InChI is InChI=1S/C18H38N2O/c1-4-11-20(12-13-21)16-18(15-19-14-17(2)3)9-7-5-6-8-10-18/h17,19,21H,4-16H2,1-3H3. The minimum Gasteiger partial charge on any atom is -0.395 e. The van der Waals surface area contributed by atoms with Gasteiger partial charge in [0.2, 0.25) is 0 Å². The first-order valence-electron chi connectivity index (χ1n) is 9.16. The van der Waals surface area contributed by atoms with Crippen molar-refractivity contribution >= 4 is 0 Å². The van der Waals surface area contributed by atoms with Gasteiger partial charge in [-0.25, -0.2) is 0 Å². The number of rotatable bonds is 10. The molecule has 0 aromatic heterocycles. The van der Waals surface area contributed by atoms with E-state index in [1.54, 1.807) is 0 Å². The molecular formula is C18H38N2O. The normalized spacial score (nSPS) is 19.1. The van der Waals surface area contributed by atoms with E-state index in [0.717, 1.165) is 38.6 Å². The molecule has 0 aromatic rings. The van der Waals surface area contributed by atoms with Crippen LogP contribution in [-0.4, -0.2) is 49.3 Å². The summed E-state index contributed by atoms with van der Waals surface area (Å²) in [6.45, 7) is 12.5. The zero-order valence-electron chi connectivity index (χ0n) is 14.7. The molecule has 0 bridgehead atoms. The van der Waals surface area contributed by atoms with Crippen molar-refractivity contribution in [2.45, 2.75) is 65.7 Å². The Morgan fingerprint density at radius 3 is 2.29 bits per heavy atom. The molecule has 0 atom stereocenters. The molecule has 0 saturated heterocycles. The molecular weight excluding hydrogens is 260 g/mol. The van der Waals surface area contributed by atoms with Gasteiger partial charge < -0.3 is 15.3 Å². The van der Waals surface area contributed by atoms with Gasteiger partial charge in [0.15, 0.2) is 0 Å². The molecule has 0 radical (unpaired) electrons. The van der Waals surface area contributed by atoms with E-state index >= 15 is 0 Å². The first-order chi connectivity index (χ1) is 10.1. The summed E-state index contributed by atoms with van der Waals surface area (Å²) in [5.74, 6) is 0.719. The topological polar surface area (TPSA) is 35.5 Å². The molecule has 0 aromatic carbocycles. The third kappa shape index (κ3) is 7.62. The van der Waals surface area contributed by atoms with Crippen LogP contribution in [-0.2, 0) is 0 Å². The third-order valence-corrected chi connectivity index (χ3v) is 4.73. The summed E-state index contributed by atoms with van der Waals surface area (Å²) in [6, 6.07) is 0. The molecule has 0 spiro atoms. The summed E-state index contributed by atoms with van der Waals surface area (Å²) in [5.41, 5.74) is 0.426. The lowest BCUT2D eigenvalue weighted by atomic mass is 9.79. The van der Waals surface area contributed by atoms with Crippen LogP contribution in [0.1, 0.15) is 65.7 Å². The van der Waals surface area contributed by atoms with Crippen LogP contribution in [0.2, 0.25) is 0 Å². The highest BCUT2D eigenvalue weighted by Gasteiger charge is 2.32. The fourth-order valence-corrected chi connectivity index (χ4v) is 3.70. The quantitative estimate of drug-likeness (QED) is 0.608. The molecule has 1 fully saturated rings. The van der Waals surface area contributed by atoms with E-state index in [-0.39, 0.29) is 6.61 Å². The summed E-state index contributed by atoms with van der Waals surface area (Å²) in [5, 5.41) is 13.0. The highest BCUT2D eigenvalue weighted by molar-refractivity contribution is 4.87. The van der Waals surface area contributed by atoms with Gasteiger partial charge in [-0.2, -0.15) is 0 Å². The average molecular weight is 299 g/mol. The SMILES string of the molecule is CCCN(CCO)CC1(CNCC(C)C)CCCCCC1. The molecule has 1 aliphatic carbocycles. The number of hydrogen-bond donors (Lipinski definition) is 2. The van der Waals surface area contributed by atoms with Crippen LogP contribution in [0.25, 0.3) is 0 Å². The van der Waals surface area contributed by atoms with Crippen LogP contribution in [0, 0.1) is 11.3 Å². The Balaban J connectivity index is 2.64. The van der Waals surface area contributed by atoms with Crippen molar-refractivity contribution in [3.63, 3.8) is 0 Å². The van der Waals surface area contributed by atoms with Crippen molar-refractivity contribution in [2.75, 3.05) is 39.3 Å². The second-order valence-electron chi connectivity index (χ2n) is 7.44. The highest BCUT2D eigenvalue weighted by Crippen LogP contribution is 2.35. The first kappa shape index (κ1) is 18.9. The molecule has 126 valence electrons. The molecule has 1 saturated carbocycles. The van der Waals surface area contributed by atoms with E-state index in [9.17, 15) is 5.11 Å². The smallest absolute Gasteiger partial charge is 0.0558 e. The van der Waals surface area contributed by atoms with Gasteiger partial charge in [-0.05, 0) is 43.7 Å². The molecule has 1 rings (SSSR count). The molecule has 0 amide bonds. The Kier molecular flexibility index (Phi) is 9.54. The number of nitrogens with zero attached hydrogens (tertiary/aromatic N) is 1. The van der Waals surface area contributed by atoms with E-state index in [2.05, 4.69) is 31.0 Å². The number of nitrogens with one attached hydrogen (secondary N) is 1. The maximum absolute atomic E-state index is 9.32. The number of aliphatic hydroxyl groups is 1. The molecule has 0 unspecified atom stereocenters. The Hall–Kier alpha value is -0.120. The lowest BCUT2D eigenvalue weighted by Gasteiger charge is -2.38. The largest absolute Gasteiger partial charge is 0.395 e. The molecule has 3 heteroatoms. The lowest BCUT2D eigenvalue weighted by molar-refractivity contribution is 0.107. The molecule has 0 heterocycles. The minimum absolute atomic E-state index is 0.287. The summed E-state index contributed by atoms with van der Waals surface area (Å²) in [4.78, 5) is 2.49. The van der Waals surface area contributed by atoms with E-state index in [4.69, 9.17) is 0 Å². The summed E-state index contributed by atoms with van der Waals surface area (Å²) in [7, 11) is 0. The van der Waals surface area contributed by atoms with Gasteiger partial charge in [-0.3, -0.25) is 0 Å². The fourth-order valence-electron chi connectivity index (χ4n) is 3.70. The van der Waals surface area contributed by atoms with Gasteiger partial charge >= 0.3 is 0 Å². The minimum atomic E-state index is 0.287. The van der Waals surface area contributed by atoms with Crippen LogP contribution in [0.15, 0.2) is 0 Å². The van der Waals surface area contributed by atoms with Gasteiger partial charge in [-0.1, -0.05) is 46.5 Å². The van der Waals surface area contributed by atoms with Crippen LogP contribution < -0.4 is 5.32 Å². The number of aliphatic hydroxyl groups excluding tert-OH is 1. The van der Waals surface area contributed by atoms with Crippen molar-refractivity contribution in [3.8, 4) is 0 Å². The predicted octanol–water partition coefficient (Wildman–Crippen LogP) is 3.28. The second-order valence-corrected chi connectivity index (χ2v) is 7.44. The van der Waals surface area contributed by atoms with Crippen molar-refractivity contribution in [1.29, 1.82) is 0 Å². The summed E-state index contributed by atoms with van der Waals surface area (Å²) >= 11 is 0. The van der Waals surface area contributed by atoms with Crippen molar-refractivity contribution in [1.82, 2.24) is 10.2 Å². The Bertz CT molecular complexity index is 242. The van der Waals surface area contributed by atoms with Crippen molar-refractivity contribution < 1.29 is 5.11 Å². The van der Waals surface area contributed by atoms with Crippen molar-refractivity contribution in [2.24, 2.45) is 11.3 Å². The van der Waals surface area contributed by atoms with Crippen LogP contribution >= 0.6 is 0 Å². The predicted molar refractivity (Wildman–Crippen MR) is 91.7 cm³/mol. The van der Waals surface area contributed by atoms with Gasteiger partial charge in [0.1, 0.15) is 0 Å². The van der Waals surface area contributed by atoms with Gasteiger partial charge in [-0.15, -0.1) is 0 Å². The average Bonchev–Trinajstić information content (AvgIpc) is 2.65. The third-order valence-electron chi connectivity index (χ3n) is 4.73. The van der Waals surface area contributed by atoms with E-state index in [1.807, 2.05) is 0 Å². The molecule has 2 N–H and O–H groups in total. The second kappa shape index (κ2) is 10.6. The zero-order valence-corrected chi connectivity index (χ0v) is 14.7. The molecule has 3 nitrogen and oxygen atoms in total. The van der Waals surface area contributed by atoms with E-state index in [0.29, 0.717) is 5.41 Å². The molecule has 21 heavy (non-hydrogen) atoms. The zero-order chi connectivity index (χ0) is 15.6. The lowest BCUT2D eigenvalue weighted by Crippen LogP contribution is -2.45. The monoisotopic (exact) mass is 298 g/mol. The van der Waals surface area contributed by atoms with Crippen molar-refractivity contribution in [3.05, 3.63) is 0 Å². The van der Waals surface area contributed by atoms with Crippen LogP contribution in [0.5, 0.6) is 0 Å². The summed E-state index contributed by atoms with van der Waals surface area (Å²) in [6.07, 6.45) is 9.44. The van der Waals surface area contributed by atoms with Crippen LogP contribution in [0.3, 0.4) is 0 Å². The molecule has 1 aliphatic rings. The van der Waals surface area contributed by atoms with Gasteiger partial charge in [0.25, 0.3) is 0 Å². The van der Waals surface area contributed by atoms with E-state index < -0.39 is 0 Å². The molecule has 0 aliphatic heterocycles. The van der Waals surface area contributed by atoms with Crippen LogP contribution in [0.4, 0.5) is 0 Å². The maximum atomic E-state index is 9.32. The Labute approximate surface area is 132 Å². The fraction of sp³-hybridized carbons (Fsp3) is 1.00. The Morgan fingerprint density at radius 2 is 1.76 bits per heavy atom. The number of hydrogen-bond acceptors (Lipinski definition) is 3. The first-order valence-corrected chi connectivity index (χ1v) is 9.16. The highest BCUT2D eigenvalue weighted by atomic mass is 16.3. The van der Waals surface area contributed by atoms with Gasteiger partial charge in [0, 0.05) is 19.6 Å². The summed E-state index contributed by atoms with van der Waals surface area (Å²) < 4.78 is 0. The Morgan fingerprint density at radius 1 is 1.10 bits per heavy atom. The van der Waals surface area contributed by atoms with E-state index in [1.165, 1.54) is 44.9 Å².